The van der Waals surface area contributed by atoms with Crippen LogP contribution in [-0.4, -0.2) is 38.9 Å². The molecule has 0 aliphatic heterocycles. The number of hydrogen-bond donors (Lipinski definition) is 2. The van der Waals surface area contributed by atoms with Gasteiger partial charge in [0.15, 0.2) is 11.0 Å². The first kappa shape index (κ1) is 23.5. The Hall–Kier alpha value is -3.63. The van der Waals surface area contributed by atoms with Gasteiger partial charge in [0.2, 0.25) is 5.91 Å². The summed E-state index contributed by atoms with van der Waals surface area (Å²) in [5.41, 5.74) is 1.54. The number of amides is 2. The smallest absolute Gasteiger partial charge is 0.261 e. The lowest BCUT2D eigenvalue weighted by molar-refractivity contribution is -0.113. The van der Waals surface area contributed by atoms with E-state index in [1.165, 1.54) is 23.1 Å². The number of carbonyl (C=O) groups is 2. The molecule has 0 bridgehead atoms. The summed E-state index contributed by atoms with van der Waals surface area (Å²) in [6.07, 6.45) is 0. The monoisotopic (exact) mass is 493 g/mol. The van der Waals surface area contributed by atoms with Crippen molar-refractivity contribution in [2.45, 2.75) is 18.6 Å². The zero-order valence-corrected chi connectivity index (χ0v) is 20.1. The van der Waals surface area contributed by atoms with Gasteiger partial charge in [-0.1, -0.05) is 36.0 Å². The number of ether oxygens (including phenoxy) is 1. The Labute approximate surface area is 205 Å². The van der Waals surface area contributed by atoms with Crippen molar-refractivity contribution in [3.63, 3.8) is 0 Å². The molecule has 0 saturated carbocycles. The van der Waals surface area contributed by atoms with E-state index in [0.29, 0.717) is 28.2 Å². The molecule has 4 aromatic rings. The fraction of sp³-hybridized carbons (Fsp3) is 0.167. The molecule has 0 aliphatic rings. The summed E-state index contributed by atoms with van der Waals surface area (Å²) in [6.45, 7) is 2.71. The lowest BCUT2D eigenvalue weighted by Gasteiger charge is -2.11. The van der Waals surface area contributed by atoms with Crippen molar-refractivity contribution in [2.24, 2.45) is 0 Å². The SMILES string of the molecule is CCOc1ccc(NC(=O)CSc2nnc(CNC(=O)c3cccs3)n2-c2ccccc2)cc1. The lowest BCUT2D eigenvalue weighted by Crippen LogP contribution is -2.24. The molecule has 0 unspecified atom stereocenters. The second kappa shape index (κ2) is 11.5. The maximum Gasteiger partial charge on any atom is 0.261 e. The van der Waals surface area contributed by atoms with Crippen molar-refractivity contribution >= 4 is 40.6 Å². The van der Waals surface area contributed by atoms with Gasteiger partial charge in [0.1, 0.15) is 5.75 Å². The van der Waals surface area contributed by atoms with Gasteiger partial charge in [-0.2, -0.15) is 0 Å². The molecule has 34 heavy (non-hydrogen) atoms. The molecule has 8 nitrogen and oxygen atoms in total. The van der Waals surface area contributed by atoms with Crippen LogP contribution in [0.1, 0.15) is 22.4 Å². The van der Waals surface area contributed by atoms with Crippen LogP contribution in [-0.2, 0) is 11.3 Å². The molecule has 0 aliphatic carbocycles. The molecule has 4 rings (SSSR count). The van der Waals surface area contributed by atoms with Gasteiger partial charge in [0.05, 0.1) is 23.8 Å². The minimum atomic E-state index is -0.165. The summed E-state index contributed by atoms with van der Waals surface area (Å²) in [5, 5.41) is 16.7. The number of aromatic nitrogens is 3. The van der Waals surface area contributed by atoms with Crippen molar-refractivity contribution in [3.8, 4) is 11.4 Å². The Morgan fingerprint density at radius 3 is 2.53 bits per heavy atom. The molecule has 2 aromatic heterocycles. The summed E-state index contributed by atoms with van der Waals surface area (Å²) < 4.78 is 7.27. The van der Waals surface area contributed by atoms with Crippen molar-refractivity contribution < 1.29 is 14.3 Å². The van der Waals surface area contributed by atoms with Gasteiger partial charge in [0.25, 0.3) is 5.91 Å². The van der Waals surface area contributed by atoms with E-state index >= 15 is 0 Å². The number of nitrogens with zero attached hydrogens (tertiary/aromatic N) is 3. The van der Waals surface area contributed by atoms with E-state index < -0.39 is 0 Å². The van der Waals surface area contributed by atoms with E-state index in [2.05, 4.69) is 20.8 Å². The number of thioether (sulfide) groups is 1. The number of anilines is 1. The third-order valence-electron chi connectivity index (χ3n) is 4.65. The van der Waals surface area contributed by atoms with Crippen LogP contribution in [0.4, 0.5) is 5.69 Å². The molecule has 0 radical (unpaired) electrons. The molecule has 0 spiro atoms. The standard InChI is InChI=1S/C24H23N5O3S2/c1-2-32-19-12-10-17(11-13-19)26-22(30)16-34-24-28-27-21(29(24)18-7-4-3-5-8-18)15-25-23(31)20-9-6-14-33-20/h3-14H,2,15-16H2,1H3,(H,25,31)(H,26,30). The molecule has 2 N–H and O–H groups in total. The molecule has 0 atom stereocenters. The maximum atomic E-state index is 12.5. The lowest BCUT2D eigenvalue weighted by atomic mass is 10.3. The van der Waals surface area contributed by atoms with E-state index in [1.807, 2.05) is 65.4 Å². The second-order valence-corrected chi connectivity index (χ2v) is 8.91. The van der Waals surface area contributed by atoms with Gasteiger partial charge < -0.3 is 15.4 Å². The van der Waals surface area contributed by atoms with E-state index in [1.54, 1.807) is 18.2 Å². The number of hydrogen-bond acceptors (Lipinski definition) is 7. The van der Waals surface area contributed by atoms with Crippen molar-refractivity contribution in [1.82, 2.24) is 20.1 Å². The highest BCUT2D eigenvalue weighted by Crippen LogP contribution is 2.23. The average Bonchev–Trinajstić information content (AvgIpc) is 3.54. The van der Waals surface area contributed by atoms with Crippen LogP contribution in [0.5, 0.6) is 5.75 Å². The Kier molecular flexibility index (Phi) is 7.95. The zero-order chi connectivity index (χ0) is 23.8. The molecule has 10 heteroatoms. The summed E-state index contributed by atoms with van der Waals surface area (Å²) in [7, 11) is 0. The maximum absolute atomic E-state index is 12.5. The third-order valence-corrected chi connectivity index (χ3v) is 6.45. The van der Waals surface area contributed by atoms with Gasteiger partial charge in [-0.15, -0.1) is 21.5 Å². The quantitative estimate of drug-likeness (QED) is 0.318. The average molecular weight is 494 g/mol. The number of carbonyl (C=O) groups excluding carboxylic acids is 2. The highest BCUT2D eigenvalue weighted by Gasteiger charge is 2.17. The van der Waals surface area contributed by atoms with E-state index in [4.69, 9.17) is 4.74 Å². The summed E-state index contributed by atoms with van der Waals surface area (Å²) in [5.74, 6) is 1.15. The fourth-order valence-electron chi connectivity index (χ4n) is 3.13. The fourth-order valence-corrected chi connectivity index (χ4v) is 4.54. The highest BCUT2D eigenvalue weighted by atomic mass is 32.2. The molecule has 2 heterocycles. The Bertz CT molecular complexity index is 1230. The van der Waals surface area contributed by atoms with E-state index in [0.717, 1.165) is 11.4 Å². The second-order valence-electron chi connectivity index (χ2n) is 7.02. The van der Waals surface area contributed by atoms with Crippen LogP contribution in [0.2, 0.25) is 0 Å². The van der Waals surface area contributed by atoms with Gasteiger partial charge in [0, 0.05) is 11.4 Å². The van der Waals surface area contributed by atoms with Crippen LogP contribution >= 0.6 is 23.1 Å². The van der Waals surface area contributed by atoms with E-state index in [-0.39, 0.29) is 24.1 Å². The Balaban J connectivity index is 1.43. The minimum Gasteiger partial charge on any atom is -0.494 e. The number of para-hydroxylation sites is 1. The first-order valence-corrected chi connectivity index (χ1v) is 12.5. The summed E-state index contributed by atoms with van der Waals surface area (Å²) in [6, 6.07) is 20.4. The first-order valence-electron chi connectivity index (χ1n) is 10.6. The Morgan fingerprint density at radius 1 is 1.03 bits per heavy atom. The predicted molar refractivity (Wildman–Crippen MR) is 134 cm³/mol. The molecule has 2 aromatic carbocycles. The number of benzene rings is 2. The van der Waals surface area contributed by atoms with Gasteiger partial charge in [-0.3, -0.25) is 14.2 Å². The third kappa shape index (κ3) is 6.03. The molecule has 0 saturated heterocycles. The number of thiophene rings is 1. The predicted octanol–water partition coefficient (Wildman–Crippen LogP) is 4.39. The van der Waals surface area contributed by atoms with Crippen molar-refractivity contribution in [3.05, 3.63) is 82.8 Å². The molecular weight excluding hydrogens is 470 g/mol. The summed E-state index contributed by atoms with van der Waals surface area (Å²) >= 11 is 2.65. The first-order chi connectivity index (χ1) is 16.6. The van der Waals surface area contributed by atoms with Crippen molar-refractivity contribution in [2.75, 3.05) is 17.7 Å². The molecular formula is C24H23N5O3S2. The topological polar surface area (TPSA) is 98.1 Å². The number of rotatable bonds is 10. The van der Waals surface area contributed by atoms with Gasteiger partial charge in [-0.25, -0.2) is 0 Å². The molecule has 0 fully saturated rings. The van der Waals surface area contributed by atoms with E-state index in [9.17, 15) is 9.59 Å². The highest BCUT2D eigenvalue weighted by molar-refractivity contribution is 7.99. The molecule has 2 amide bonds. The minimum absolute atomic E-state index is 0.153. The largest absolute Gasteiger partial charge is 0.494 e. The zero-order valence-electron chi connectivity index (χ0n) is 18.4. The number of nitrogens with one attached hydrogen (secondary N) is 2. The van der Waals surface area contributed by atoms with Crippen LogP contribution in [0.15, 0.2) is 77.3 Å². The summed E-state index contributed by atoms with van der Waals surface area (Å²) in [4.78, 5) is 25.5. The van der Waals surface area contributed by atoms with Crippen molar-refractivity contribution in [1.29, 1.82) is 0 Å². The van der Waals surface area contributed by atoms with Crippen LogP contribution < -0.4 is 15.4 Å². The molecule has 174 valence electrons. The van der Waals surface area contributed by atoms with Gasteiger partial charge >= 0.3 is 0 Å². The Morgan fingerprint density at radius 2 is 1.82 bits per heavy atom. The van der Waals surface area contributed by atoms with Crippen LogP contribution in [0.3, 0.4) is 0 Å². The van der Waals surface area contributed by atoms with Crippen LogP contribution in [0, 0.1) is 0 Å². The van der Waals surface area contributed by atoms with Crippen LogP contribution in [0.25, 0.3) is 5.69 Å². The normalized spacial score (nSPS) is 10.6. The van der Waals surface area contributed by atoms with Gasteiger partial charge in [-0.05, 0) is 54.8 Å².